The van der Waals surface area contributed by atoms with Crippen molar-refractivity contribution >= 4 is 5.91 Å². The summed E-state index contributed by atoms with van der Waals surface area (Å²) in [5.41, 5.74) is 0.557. The Balaban J connectivity index is 1.78. The summed E-state index contributed by atoms with van der Waals surface area (Å²) < 4.78 is 26.0. The maximum atomic E-state index is 13.0. The number of amides is 1. The summed E-state index contributed by atoms with van der Waals surface area (Å²) in [5.74, 6) is -1.09. The number of hydrogen-bond donors (Lipinski definition) is 2. The highest BCUT2D eigenvalue weighted by Crippen LogP contribution is 2.16. The number of nitrogens with one attached hydrogen (secondary N) is 2. The van der Waals surface area contributed by atoms with Crippen molar-refractivity contribution in [2.75, 3.05) is 13.1 Å². The molecule has 0 radical (unpaired) electrons. The molecule has 2 rings (SSSR count). The van der Waals surface area contributed by atoms with Crippen LogP contribution in [-0.4, -0.2) is 25.0 Å². The molecule has 0 aromatic heterocycles. The first-order chi connectivity index (χ1) is 9.54. The van der Waals surface area contributed by atoms with Crippen LogP contribution in [-0.2, 0) is 11.2 Å². The van der Waals surface area contributed by atoms with Gasteiger partial charge in [0.1, 0.15) is 11.6 Å². The Hall–Kier alpha value is -1.49. The van der Waals surface area contributed by atoms with Gasteiger partial charge in [0.25, 0.3) is 0 Å². The molecule has 1 aliphatic heterocycles. The van der Waals surface area contributed by atoms with E-state index in [9.17, 15) is 13.6 Å². The number of carbonyl (C=O) groups is 1. The molecule has 0 spiro atoms. The Morgan fingerprint density at radius 2 is 2.05 bits per heavy atom. The summed E-state index contributed by atoms with van der Waals surface area (Å²) in [6.45, 7) is 3.32. The molecule has 1 aromatic rings. The minimum atomic E-state index is -0.585. The molecular formula is C15H20F2N2O. The largest absolute Gasteiger partial charge is 0.356 e. The minimum Gasteiger partial charge on any atom is -0.356 e. The third-order valence-corrected chi connectivity index (χ3v) is 3.63. The molecule has 20 heavy (non-hydrogen) atoms. The predicted octanol–water partition coefficient (Wildman–Crippen LogP) is 2.01. The number of piperidine rings is 1. The lowest BCUT2D eigenvalue weighted by atomic mass is 9.92. The van der Waals surface area contributed by atoms with E-state index in [0.29, 0.717) is 24.6 Å². The van der Waals surface area contributed by atoms with Gasteiger partial charge in [-0.2, -0.15) is 0 Å². The lowest BCUT2D eigenvalue weighted by molar-refractivity contribution is -0.126. The molecule has 1 heterocycles. The summed E-state index contributed by atoms with van der Waals surface area (Å²) >= 11 is 0. The molecule has 2 atom stereocenters. The van der Waals surface area contributed by atoms with E-state index in [1.165, 1.54) is 12.1 Å². The molecule has 1 amide bonds. The second-order valence-electron chi connectivity index (χ2n) is 5.40. The quantitative estimate of drug-likeness (QED) is 0.887. The number of hydrogen-bond acceptors (Lipinski definition) is 2. The van der Waals surface area contributed by atoms with Gasteiger partial charge in [0.2, 0.25) is 5.91 Å². The number of halogens is 2. The number of rotatable bonds is 4. The highest BCUT2D eigenvalue weighted by molar-refractivity contribution is 5.78. The van der Waals surface area contributed by atoms with Crippen LogP contribution in [0.25, 0.3) is 0 Å². The van der Waals surface area contributed by atoms with E-state index in [2.05, 4.69) is 17.6 Å². The Morgan fingerprint density at radius 1 is 1.35 bits per heavy atom. The van der Waals surface area contributed by atoms with Crippen molar-refractivity contribution in [3.63, 3.8) is 0 Å². The fourth-order valence-electron chi connectivity index (χ4n) is 2.60. The Labute approximate surface area is 117 Å². The Morgan fingerprint density at radius 3 is 2.70 bits per heavy atom. The molecule has 5 heteroatoms. The first-order valence-corrected chi connectivity index (χ1v) is 7.00. The first-order valence-electron chi connectivity index (χ1n) is 7.00. The van der Waals surface area contributed by atoms with E-state index < -0.39 is 11.6 Å². The highest BCUT2D eigenvalue weighted by atomic mass is 19.1. The van der Waals surface area contributed by atoms with Gasteiger partial charge >= 0.3 is 0 Å². The smallest absolute Gasteiger partial charge is 0.223 e. The van der Waals surface area contributed by atoms with Crippen molar-refractivity contribution in [1.29, 1.82) is 0 Å². The lowest BCUT2D eigenvalue weighted by Gasteiger charge is -2.27. The van der Waals surface area contributed by atoms with Gasteiger partial charge in [0.15, 0.2) is 0 Å². The van der Waals surface area contributed by atoms with Gasteiger partial charge in [0.05, 0.1) is 0 Å². The minimum absolute atomic E-state index is 0.0372. The van der Waals surface area contributed by atoms with E-state index in [0.717, 1.165) is 25.5 Å². The Bertz CT molecular complexity index is 459. The first kappa shape index (κ1) is 14.9. The van der Waals surface area contributed by atoms with E-state index in [1.54, 1.807) is 0 Å². The van der Waals surface area contributed by atoms with Crippen LogP contribution < -0.4 is 10.6 Å². The highest BCUT2D eigenvalue weighted by Gasteiger charge is 2.24. The summed E-state index contributed by atoms with van der Waals surface area (Å²) in [6.07, 6.45) is 2.10. The van der Waals surface area contributed by atoms with Gasteiger partial charge in [-0.05, 0) is 50.4 Å². The topological polar surface area (TPSA) is 41.1 Å². The fraction of sp³-hybridized carbons (Fsp3) is 0.533. The molecule has 2 N–H and O–H groups in total. The molecule has 0 saturated carbocycles. The lowest BCUT2D eigenvalue weighted by Crippen LogP contribution is -2.42. The van der Waals surface area contributed by atoms with E-state index >= 15 is 0 Å². The second kappa shape index (κ2) is 6.79. The van der Waals surface area contributed by atoms with Gasteiger partial charge in [-0.3, -0.25) is 4.79 Å². The predicted molar refractivity (Wildman–Crippen MR) is 73.3 cm³/mol. The van der Waals surface area contributed by atoms with E-state index in [1.807, 2.05) is 0 Å². The third-order valence-electron chi connectivity index (χ3n) is 3.63. The summed E-state index contributed by atoms with van der Waals surface area (Å²) in [5, 5.41) is 6.15. The zero-order chi connectivity index (χ0) is 14.5. The molecule has 1 aliphatic rings. The maximum absolute atomic E-state index is 13.0. The fourth-order valence-corrected chi connectivity index (χ4v) is 2.60. The van der Waals surface area contributed by atoms with Crippen LogP contribution in [0.4, 0.5) is 8.78 Å². The van der Waals surface area contributed by atoms with Crippen LogP contribution in [0.15, 0.2) is 18.2 Å². The Kier molecular flexibility index (Phi) is 5.06. The third kappa shape index (κ3) is 4.27. The van der Waals surface area contributed by atoms with Gasteiger partial charge in [-0.25, -0.2) is 8.78 Å². The van der Waals surface area contributed by atoms with Crippen LogP contribution in [0.1, 0.15) is 25.3 Å². The molecule has 110 valence electrons. The number of benzene rings is 1. The van der Waals surface area contributed by atoms with Crippen molar-refractivity contribution in [1.82, 2.24) is 10.6 Å². The standard InChI is InChI=1S/C15H20F2N2O/c1-10-6-12(3-5-18-10)15(20)19-4-2-11-7-13(16)9-14(17)8-11/h7-10,12,18H,2-6H2,1H3,(H,19,20)/t10-,12-/m0/s1. The van der Waals surface area contributed by atoms with E-state index in [4.69, 9.17) is 0 Å². The van der Waals surface area contributed by atoms with Gasteiger partial charge in [0, 0.05) is 24.6 Å². The monoisotopic (exact) mass is 282 g/mol. The maximum Gasteiger partial charge on any atom is 0.223 e. The van der Waals surface area contributed by atoms with Gasteiger partial charge < -0.3 is 10.6 Å². The van der Waals surface area contributed by atoms with Crippen molar-refractivity contribution in [3.05, 3.63) is 35.4 Å². The normalized spacial score (nSPS) is 22.6. The van der Waals surface area contributed by atoms with Gasteiger partial charge in [-0.1, -0.05) is 0 Å². The van der Waals surface area contributed by atoms with Crippen molar-refractivity contribution in [2.24, 2.45) is 5.92 Å². The molecule has 0 aliphatic carbocycles. The van der Waals surface area contributed by atoms with E-state index in [-0.39, 0.29) is 11.8 Å². The molecule has 0 unspecified atom stereocenters. The van der Waals surface area contributed by atoms with Crippen LogP contribution in [0.5, 0.6) is 0 Å². The average Bonchev–Trinajstić information content (AvgIpc) is 2.37. The molecular weight excluding hydrogens is 262 g/mol. The van der Waals surface area contributed by atoms with Crippen molar-refractivity contribution in [3.8, 4) is 0 Å². The summed E-state index contributed by atoms with van der Waals surface area (Å²) in [6, 6.07) is 3.79. The van der Waals surface area contributed by atoms with Crippen LogP contribution in [0.2, 0.25) is 0 Å². The van der Waals surface area contributed by atoms with Crippen LogP contribution >= 0.6 is 0 Å². The zero-order valence-corrected chi connectivity index (χ0v) is 11.6. The molecule has 1 saturated heterocycles. The number of carbonyl (C=O) groups excluding carboxylic acids is 1. The SMILES string of the molecule is C[C@H]1C[C@@H](C(=O)NCCc2cc(F)cc(F)c2)CCN1. The van der Waals surface area contributed by atoms with Crippen LogP contribution in [0, 0.1) is 17.6 Å². The zero-order valence-electron chi connectivity index (χ0n) is 11.6. The molecule has 1 fully saturated rings. The summed E-state index contributed by atoms with van der Waals surface area (Å²) in [7, 11) is 0. The van der Waals surface area contributed by atoms with Crippen molar-refractivity contribution < 1.29 is 13.6 Å². The molecule has 0 bridgehead atoms. The molecule has 1 aromatic carbocycles. The van der Waals surface area contributed by atoms with Crippen LogP contribution in [0.3, 0.4) is 0 Å². The molecule has 3 nitrogen and oxygen atoms in total. The van der Waals surface area contributed by atoms with Gasteiger partial charge in [-0.15, -0.1) is 0 Å². The second-order valence-corrected chi connectivity index (χ2v) is 5.40. The van der Waals surface area contributed by atoms with Crippen molar-refractivity contribution in [2.45, 2.75) is 32.2 Å². The average molecular weight is 282 g/mol. The summed E-state index contributed by atoms with van der Waals surface area (Å²) in [4.78, 5) is 12.0.